The van der Waals surface area contributed by atoms with E-state index in [1.165, 1.54) is 51.6 Å². The number of likely N-dealkylation sites (tertiary alicyclic amines) is 1. The molecular formula is C17H33N. The lowest BCUT2D eigenvalue weighted by Crippen LogP contribution is -2.30. The van der Waals surface area contributed by atoms with E-state index in [0.29, 0.717) is 0 Å². The summed E-state index contributed by atoms with van der Waals surface area (Å²) in [5.74, 6) is 4.14. The van der Waals surface area contributed by atoms with Gasteiger partial charge in [-0.15, -0.1) is 0 Å². The fraction of sp³-hybridized carbons (Fsp3) is 1.00. The first-order chi connectivity index (χ1) is 8.63. The zero-order valence-electron chi connectivity index (χ0n) is 12.8. The quantitative estimate of drug-likeness (QED) is 0.668. The Labute approximate surface area is 114 Å². The van der Waals surface area contributed by atoms with Crippen LogP contribution in [0.5, 0.6) is 0 Å². The van der Waals surface area contributed by atoms with Gasteiger partial charge in [-0.1, -0.05) is 33.1 Å². The van der Waals surface area contributed by atoms with Crippen molar-refractivity contribution in [3.8, 4) is 0 Å². The molecule has 2 fully saturated rings. The molecule has 1 nitrogen and oxygen atoms in total. The minimum atomic E-state index is 0.912. The zero-order valence-corrected chi connectivity index (χ0v) is 12.8. The van der Waals surface area contributed by atoms with Gasteiger partial charge in [0.05, 0.1) is 0 Å². The summed E-state index contributed by atoms with van der Waals surface area (Å²) in [6, 6.07) is 0. The second kappa shape index (κ2) is 6.93. The van der Waals surface area contributed by atoms with Gasteiger partial charge in [-0.2, -0.15) is 0 Å². The molecule has 1 aliphatic heterocycles. The van der Waals surface area contributed by atoms with Crippen molar-refractivity contribution in [3.63, 3.8) is 0 Å². The van der Waals surface area contributed by atoms with E-state index in [9.17, 15) is 0 Å². The minimum absolute atomic E-state index is 0.912. The van der Waals surface area contributed by atoms with Crippen molar-refractivity contribution in [2.75, 3.05) is 20.1 Å². The topological polar surface area (TPSA) is 3.24 Å². The van der Waals surface area contributed by atoms with E-state index < -0.39 is 0 Å². The Morgan fingerprint density at radius 3 is 2.17 bits per heavy atom. The van der Waals surface area contributed by atoms with Gasteiger partial charge >= 0.3 is 0 Å². The van der Waals surface area contributed by atoms with E-state index in [0.717, 1.165) is 23.7 Å². The van der Waals surface area contributed by atoms with E-state index >= 15 is 0 Å². The molecule has 1 saturated carbocycles. The molecular weight excluding hydrogens is 218 g/mol. The molecule has 2 rings (SSSR count). The fourth-order valence-electron chi connectivity index (χ4n) is 4.01. The highest BCUT2D eigenvalue weighted by Crippen LogP contribution is 2.41. The number of nitrogens with zero attached hydrogens (tertiary/aromatic N) is 1. The van der Waals surface area contributed by atoms with Gasteiger partial charge in [0.1, 0.15) is 0 Å². The molecule has 0 unspecified atom stereocenters. The molecule has 0 aromatic carbocycles. The maximum atomic E-state index is 2.49. The lowest BCUT2D eigenvalue weighted by atomic mass is 9.69. The summed E-state index contributed by atoms with van der Waals surface area (Å²) in [6.07, 6.45) is 12.0. The van der Waals surface area contributed by atoms with Crippen LogP contribution in [0.15, 0.2) is 0 Å². The van der Waals surface area contributed by atoms with E-state index in [4.69, 9.17) is 0 Å². The molecule has 1 saturated heterocycles. The number of hydrogen-bond acceptors (Lipinski definition) is 1. The lowest BCUT2D eigenvalue weighted by molar-refractivity contribution is 0.146. The van der Waals surface area contributed by atoms with Gasteiger partial charge < -0.3 is 4.90 Å². The van der Waals surface area contributed by atoms with Gasteiger partial charge in [0, 0.05) is 0 Å². The normalized spacial score (nSPS) is 30.7. The second-order valence-electron chi connectivity index (χ2n) is 7.51. The highest BCUT2D eigenvalue weighted by Gasteiger charge is 2.29. The monoisotopic (exact) mass is 251 g/mol. The number of rotatable bonds is 6. The van der Waals surface area contributed by atoms with E-state index in [-0.39, 0.29) is 0 Å². The SMILES string of the molecule is CC(C)CC1CC(CCCC2CCN(C)CC2)C1. The van der Waals surface area contributed by atoms with Gasteiger partial charge in [-0.05, 0) is 75.9 Å². The van der Waals surface area contributed by atoms with Crippen molar-refractivity contribution in [1.29, 1.82) is 0 Å². The Kier molecular flexibility index (Phi) is 5.54. The summed E-state index contributed by atoms with van der Waals surface area (Å²) < 4.78 is 0. The second-order valence-corrected chi connectivity index (χ2v) is 7.51. The van der Waals surface area contributed by atoms with Crippen molar-refractivity contribution in [1.82, 2.24) is 4.90 Å². The van der Waals surface area contributed by atoms with Crippen molar-refractivity contribution in [2.45, 2.75) is 65.2 Å². The van der Waals surface area contributed by atoms with Crippen LogP contribution in [0.1, 0.15) is 65.2 Å². The standard InChI is InChI=1S/C17H33N/c1-14(2)11-17-12-16(13-17)6-4-5-15-7-9-18(3)10-8-15/h14-17H,4-13H2,1-3H3. The molecule has 0 bridgehead atoms. The Bertz CT molecular complexity index is 222. The summed E-state index contributed by atoms with van der Waals surface area (Å²) in [5, 5.41) is 0. The van der Waals surface area contributed by atoms with Crippen LogP contribution in [-0.2, 0) is 0 Å². The van der Waals surface area contributed by atoms with Crippen LogP contribution in [0.3, 0.4) is 0 Å². The first-order valence-electron chi connectivity index (χ1n) is 8.32. The molecule has 0 aromatic rings. The maximum Gasteiger partial charge on any atom is -0.00191 e. The van der Waals surface area contributed by atoms with Gasteiger partial charge in [0.15, 0.2) is 0 Å². The third-order valence-corrected chi connectivity index (χ3v) is 5.20. The predicted molar refractivity (Wildman–Crippen MR) is 79.7 cm³/mol. The van der Waals surface area contributed by atoms with Crippen molar-refractivity contribution in [2.24, 2.45) is 23.7 Å². The number of piperidine rings is 1. The van der Waals surface area contributed by atoms with Crippen LogP contribution in [-0.4, -0.2) is 25.0 Å². The van der Waals surface area contributed by atoms with Crippen molar-refractivity contribution < 1.29 is 0 Å². The highest BCUT2D eigenvalue weighted by atomic mass is 15.1. The maximum absolute atomic E-state index is 2.49. The third-order valence-electron chi connectivity index (χ3n) is 5.20. The Hall–Kier alpha value is -0.0400. The van der Waals surface area contributed by atoms with E-state index in [1.54, 1.807) is 12.8 Å². The van der Waals surface area contributed by atoms with E-state index in [2.05, 4.69) is 25.8 Å². The van der Waals surface area contributed by atoms with Crippen molar-refractivity contribution >= 4 is 0 Å². The van der Waals surface area contributed by atoms with Crippen molar-refractivity contribution in [3.05, 3.63) is 0 Å². The summed E-state index contributed by atoms with van der Waals surface area (Å²) in [4.78, 5) is 2.49. The van der Waals surface area contributed by atoms with Crippen LogP contribution in [0.2, 0.25) is 0 Å². The van der Waals surface area contributed by atoms with Gasteiger partial charge in [0.2, 0.25) is 0 Å². The summed E-state index contributed by atoms with van der Waals surface area (Å²) >= 11 is 0. The first-order valence-corrected chi connectivity index (χ1v) is 8.32. The molecule has 2 aliphatic rings. The van der Waals surface area contributed by atoms with Gasteiger partial charge in [0.25, 0.3) is 0 Å². The summed E-state index contributed by atoms with van der Waals surface area (Å²) in [7, 11) is 2.26. The predicted octanol–water partition coefficient (Wildman–Crippen LogP) is 4.57. The Balaban J connectivity index is 1.47. The molecule has 1 aliphatic carbocycles. The molecule has 0 N–H and O–H groups in total. The molecule has 0 atom stereocenters. The molecule has 1 heteroatoms. The summed E-state index contributed by atoms with van der Waals surface area (Å²) in [5.41, 5.74) is 0. The lowest BCUT2D eigenvalue weighted by Gasteiger charge is -2.37. The Morgan fingerprint density at radius 1 is 0.944 bits per heavy atom. The molecule has 0 amide bonds. The molecule has 0 radical (unpaired) electrons. The molecule has 0 aromatic heterocycles. The number of hydrogen-bond donors (Lipinski definition) is 0. The zero-order chi connectivity index (χ0) is 13.0. The van der Waals surface area contributed by atoms with Gasteiger partial charge in [-0.3, -0.25) is 0 Å². The minimum Gasteiger partial charge on any atom is -0.306 e. The molecule has 1 heterocycles. The van der Waals surface area contributed by atoms with Crippen LogP contribution in [0.25, 0.3) is 0 Å². The third kappa shape index (κ3) is 4.57. The summed E-state index contributed by atoms with van der Waals surface area (Å²) in [6.45, 7) is 7.41. The molecule has 0 spiro atoms. The van der Waals surface area contributed by atoms with E-state index in [1.807, 2.05) is 0 Å². The fourth-order valence-corrected chi connectivity index (χ4v) is 4.01. The van der Waals surface area contributed by atoms with Gasteiger partial charge in [-0.25, -0.2) is 0 Å². The smallest absolute Gasteiger partial charge is 0.00191 e. The largest absolute Gasteiger partial charge is 0.306 e. The highest BCUT2D eigenvalue weighted by molar-refractivity contribution is 4.80. The van der Waals surface area contributed by atoms with Crippen LogP contribution < -0.4 is 0 Å². The average molecular weight is 251 g/mol. The first kappa shape index (κ1) is 14.4. The average Bonchev–Trinajstić information content (AvgIpc) is 2.27. The van der Waals surface area contributed by atoms with Crippen LogP contribution in [0.4, 0.5) is 0 Å². The Morgan fingerprint density at radius 2 is 1.56 bits per heavy atom. The molecule has 106 valence electrons. The molecule has 18 heavy (non-hydrogen) atoms. The van der Waals surface area contributed by atoms with Crippen LogP contribution in [0, 0.1) is 23.7 Å². The van der Waals surface area contributed by atoms with Crippen LogP contribution >= 0.6 is 0 Å².